The SMILES string of the molecule is Cc1cc(NC(=O)N2Cc3c(noc3-c3cnsc3)C[C@@H]2C)cc(F)c1F. The van der Waals surface area contributed by atoms with Crippen molar-refractivity contribution in [3.05, 3.63) is 52.2 Å². The van der Waals surface area contributed by atoms with Gasteiger partial charge < -0.3 is 14.7 Å². The second-order valence-electron chi connectivity index (χ2n) is 6.55. The molecule has 0 bridgehead atoms. The highest BCUT2D eigenvalue weighted by Gasteiger charge is 2.32. The van der Waals surface area contributed by atoms with Crippen LogP contribution in [0.1, 0.15) is 23.7 Å². The molecule has 0 unspecified atom stereocenters. The van der Waals surface area contributed by atoms with E-state index in [0.717, 1.165) is 22.9 Å². The number of aryl methyl sites for hydroxylation is 1. The average molecular weight is 390 g/mol. The van der Waals surface area contributed by atoms with E-state index < -0.39 is 17.7 Å². The number of urea groups is 1. The van der Waals surface area contributed by atoms with E-state index in [1.807, 2.05) is 12.3 Å². The van der Waals surface area contributed by atoms with Gasteiger partial charge in [0, 0.05) is 35.2 Å². The topological polar surface area (TPSA) is 71.3 Å². The number of amides is 2. The molecule has 1 N–H and O–H groups in total. The molecule has 0 fully saturated rings. The fourth-order valence-electron chi connectivity index (χ4n) is 3.19. The maximum Gasteiger partial charge on any atom is 0.322 e. The Balaban J connectivity index is 1.58. The minimum atomic E-state index is -0.995. The van der Waals surface area contributed by atoms with Crippen molar-refractivity contribution in [2.45, 2.75) is 32.9 Å². The highest BCUT2D eigenvalue weighted by molar-refractivity contribution is 7.03. The molecule has 3 heterocycles. The zero-order valence-corrected chi connectivity index (χ0v) is 15.4. The molecule has 0 saturated heterocycles. The van der Waals surface area contributed by atoms with E-state index in [-0.39, 0.29) is 17.3 Å². The van der Waals surface area contributed by atoms with Gasteiger partial charge >= 0.3 is 6.03 Å². The van der Waals surface area contributed by atoms with E-state index in [1.165, 1.54) is 24.5 Å². The van der Waals surface area contributed by atoms with Gasteiger partial charge in [0.2, 0.25) is 0 Å². The van der Waals surface area contributed by atoms with Gasteiger partial charge in [-0.2, -0.15) is 0 Å². The Hall–Kier alpha value is -2.81. The summed E-state index contributed by atoms with van der Waals surface area (Å²) in [6, 6.07) is 1.86. The van der Waals surface area contributed by atoms with E-state index in [9.17, 15) is 13.6 Å². The summed E-state index contributed by atoms with van der Waals surface area (Å²) in [5.41, 5.74) is 2.81. The predicted molar refractivity (Wildman–Crippen MR) is 96.4 cm³/mol. The van der Waals surface area contributed by atoms with Crippen LogP contribution >= 0.6 is 11.5 Å². The molecule has 0 aliphatic carbocycles. The molecular weight excluding hydrogens is 374 g/mol. The van der Waals surface area contributed by atoms with Crippen molar-refractivity contribution in [2.24, 2.45) is 0 Å². The molecule has 1 aliphatic rings. The minimum Gasteiger partial charge on any atom is -0.356 e. The van der Waals surface area contributed by atoms with Crippen LogP contribution in [-0.2, 0) is 13.0 Å². The molecule has 1 aromatic carbocycles. The summed E-state index contributed by atoms with van der Waals surface area (Å²) >= 11 is 1.30. The number of rotatable bonds is 2. The molecule has 3 aromatic rings. The highest BCUT2D eigenvalue weighted by atomic mass is 32.1. The third kappa shape index (κ3) is 3.18. The lowest BCUT2D eigenvalue weighted by atomic mass is 9.99. The minimum absolute atomic E-state index is 0.123. The van der Waals surface area contributed by atoms with Gasteiger partial charge in [-0.3, -0.25) is 0 Å². The summed E-state index contributed by atoms with van der Waals surface area (Å²) in [5, 5.41) is 8.63. The van der Waals surface area contributed by atoms with E-state index in [1.54, 1.807) is 11.1 Å². The molecule has 6 nitrogen and oxygen atoms in total. The van der Waals surface area contributed by atoms with Crippen LogP contribution in [0.4, 0.5) is 19.3 Å². The Morgan fingerprint density at radius 3 is 2.93 bits per heavy atom. The third-order valence-corrected chi connectivity index (χ3v) is 5.22. The predicted octanol–water partition coefficient (Wildman–Crippen LogP) is 4.36. The molecule has 27 heavy (non-hydrogen) atoms. The lowest BCUT2D eigenvalue weighted by molar-refractivity contribution is 0.182. The van der Waals surface area contributed by atoms with Crippen LogP contribution < -0.4 is 5.32 Å². The molecule has 4 rings (SSSR count). The molecular formula is C18H16F2N4O2S. The second kappa shape index (κ2) is 6.73. The van der Waals surface area contributed by atoms with Gasteiger partial charge in [0.15, 0.2) is 17.4 Å². The molecule has 1 atom stereocenters. The first-order chi connectivity index (χ1) is 12.9. The Bertz CT molecular complexity index is 980. The van der Waals surface area contributed by atoms with Gasteiger partial charge in [-0.05, 0) is 37.0 Å². The van der Waals surface area contributed by atoms with Crippen molar-refractivity contribution >= 4 is 23.3 Å². The van der Waals surface area contributed by atoms with E-state index >= 15 is 0 Å². The van der Waals surface area contributed by atoms with E-state index in [2.05, 4.69) is 14.8 Å². The third-order valence-electron chi connectivity index (χ3n) is 4.64. The lowest BCUT2D eigenvalue weighted by Crippen LogP contribution is -2.44. The largest absolute Gasteiger partial charge is 0.356 e. The fourth-order valence-corrected chi connectivity index (χ4v) is 3.71. The summed E-state index contributed by atoms with van der Waals surface area (Å²) in [6.45, 7) is 3.65. The van der Waals surface area contributed by atoms with Crippen molar-refractivity contribution in [1.82, 2.24) is 14.4 Å². The van der Waals surface area contributed by atoms with E-state index in [4.69, 9.17) is 4.52 Å². The number of benzene rings is 1. The van der Waals surface area contributed by atoms with Gasteiger partial charge in [-0.15, -0.1) is 0 Å². The summed E-state index contributed by atoms with van der Waals surface area (Å²) in [7, 11) is 0. The number of hydrogen-bond donors (Lipinski definition) is 1. The molecule has 9 heteroatoms. The maximum absolute atomic E-state index is 13.6. The van der Waals surface area contributed by atoms with Crippen molar-refractivity contribution in [2.75, 3.05) is 5.32 Å². The van der Waals surface area contributed by atoms with Crippen molar-refractivity contribution in [3.63, 3.8) is 0 Å². The number of halogens is 2. The van der Waals surface area contributed by atoms with Crippen LogP contribution in [0.5, 0.6) is 0 Å². The molecule has 0 spiro atoms. The number of anilines is 1. The van der Waals surface area contributed by atoms with E-state index in [0.29, 0.717) is 18.7 Å². The first-order valence-corrected chi connectivity index (χ1v) is 9.18. The van der Waals surface area contributed by atoms with Crippen LogP contribution in [-0.4, -0.2) is 26.5 Å². The lowest BCUT2D eigenvalue weighted by Gasteiger charge is -2.32. The Morgan fingerprint density at radius 2 is 2.22 bits per heavy atom. The van der Waals surface area contributed by atoms with Gasteiger partial charge in [0.25, 0.3) is 0 Å². The number of carbonyl (C=O) groups is 1. The zero-order valence-electron chi connectivity index (χ0n) is 14.6. The Labute approximate surface area is 157 Å². The van der Waals surface area contributed by atoms with Crippen LogP contribution in [0.15, 0.2) is 28.2 Å². The monoisotopic (exact) mass is 390 g/mol. The fraction of sp³-hybridized carbons (Fsp3) is 0.278. The average Bonchev–Trinajstić information content (AvgIpc) is 3.27. The van der Waals surface area contributed by atoms with Crippen molar-refractivity contribution < 1.29 is 18.1 Å². The van der Waals surface area contributed by atoms with Crippen molar-refractivity contribution in [3.8, 4) is 11.3 Å². The summed E-state index contributed by atoms with van der Waals surface area (Å²) in [6.07, 6.45) is 2.23. The summed E-state index contributed by atoms with van der Waals surface area (Å²) in [4.78, 5) is 14.4. The molecule has 2 aromatic heterocycles. The number of aromatic nitrogens is 2. The van der Waals surface area contributed by atoms with Crippen molar-refractivity contribution in [1.29, 1.82) is 0 Å². The highest BCUT2D eigenvalue weighted by Crippen LogP contribution is 2.33. The summed E-state index contributed by atoms with van der Waals surface area (Å²) < 4.78 is 36.6. The maximum atomic E-state index is 13.6. The van der Waals surface area contributed by atoms with Gasteiger partial charge in [0.05, 0.1) is 24.0 Å². The quantitative estimate of drug-likeness (QED) is 0.706. The number of nitrogens with zero attached hydrogens (tertiary/aromatic N) is 3. The Morgan fingerprint density at radius 1 is 1.41 bits per heavy atom. The number of hydrogen-bond acceptors (Lipinski definition) is 5. The summed E-state index contributed by atoms with van der Waals surface area (Å²) in [5.74, 6) is -1.31. The standard InChI is InChI=1S/C18H16F2N4O2S/c1-9-3-12(5-14(19)16(9)20)22-18(25)24-7-13-15(4-10(24)2)23-26-17(13)11-6-21-27-8-11/h3,5-6,8,10H,4,7H2,1-2H3,(H,22,25)/t10-/m0/s1. The number of carbonyl (C=O) groups excluding carboxylic acids is 1. The zero-order chi connectivity index (χ0) is 19.1. The molecule has 140 valence electrons. The molecule has 1 aliphatic heterocycles. The van der Waals surface area contributed by atoms with Gasteiger partial charge in [0.1, 0.15) is 0 Å². The molecule has 0 radical (unpaired) electrons. The molecule has 0 saturated carbocycles. The Kier molecular flexibility index (Phi) is 4.39. The van der Waals surface area contributed by atoms with Gasteiger partial charge in [-0.1, -0.05) is 5.16 Å². The molecule has 2 amide bonds. The van der Waals surface area contributed by atoms with Gasteiger partial charge in [-0.25, -0.2) is 17.9 Å². The van der Waals surface area contributed by atoms with Crippen LogP contribution in [0.3, 0.4) is 0 Å². The second-order valence-corrected chi connectivity index (χ2v) is 7.21. The number of fused-ring (bicyclic) bond motifs is 1. The first-order valence-electron chi connectivity index (χ1n) is 8.34. The first kappa shape index (κ1) is 17.6. The van der Waals surface area contributed by atoms with Crippen LogP contribution in [0.2, 0.25) is 0 Å². The smallest absolute Gasteiger partial charge is 0.322 e. The number of nitrogens with one attached hydrogen (secondary N) is 1. The normalized spacial score (nSPS) is 16.3. The van der Waals surface area contributed by atoms with Crippen LogP contribution in [0, 0.1) is 18.6 Å². The van der Waals surface area contributed by atoms with Crippen LogP contribution in [0.25, 0.3) is 11.3 Å².